The van der Waals surface area contributed by atoms with Crippen LogP contribution in [0.1, 0.15) is 37.5 Å². The van der Waals surface area contributed by atoms with Crippen LogP contribution in [0.25, 0.3) is 32.7 Å². The molecule has 0 radical (unpaired) electrons. The molecule has 0 atom stereocenters. The lowest BCUT2D eigenvalue weighted by Gasteiger charge is -2.22. The third kappa shape index (κ3) is 1.88. The van der Waals surface area contributed by atoms with E-state index in [1.54, 1.807) is 0 Å². The van der Waals surface area contributed by atoms with Crippen molar-refractivity contribution < 1.29 is 0 Å². The maximum atomic E-state index is 2.45. The third-order valence-corrected chi connectivity index (χ3v) is 6.05. The quantitative estimate of drug-likeness (QED) is 0.336. The summed E-state index contributed by atoms with van der Waals surface area (Å²) in [4.78, 5) is 0. The van der Waals surface area contributed by atoms with E-state index in [2.05, 4.69) is 87.5 Å². The second-order valence-electron chi connectivity index (χ2n) is 7.72. The molecule has 0 fully saturated rings. The van der Waals surface area contributed by atoms with E-state index in [-0.39, 0.29) is 5.41 Å². The van der Waals surface area contributed by atoms with Gasteiger partial charge in [0, 0.05) is 5.41 Å². The average Bonchev–Trinajstić information content (AvgIpc) is 2.87. The summed E-state index contributed by atoms with van der Waals surface area (Å²) in [5.74, 6) is 0. The SMILES string of the molecule is CCc1cccc2c1ccc1cc3c(cc12)C(C)(C)c1ccccc1-3. The van der Waals surface area contributed by atoms with E-state index in [1.807, 2.05) is 0 Å². The lowest BCUT2D eigenvalue weighted by atomic mass is 9.81. The lowest BCUT2D eigenvalue weighted by molar-refractivity contribution is 0.661. The fraction of sp³-hybridized carbons (Fsp3) is 0.200. The van der Waals surface area contributed by atoms with Gasteiger partial charge in [-0.25, -0.2) is 0 Å². The molecule has 0 aromatic heterocycles. The van der Waals surface area contributed by atoms with Crippen LogP contribution in [0.2, 0.25) is 0 Å². The number of benzene rings is 4. The first-order valence-electron chi connectivity index (χ1n) is 9.20. The maximum absolute atomic E-state index is 2.45. The Morgan fingerprint density at radius 2 is 1.52 bits per heavy atom. The minimum absolute atomic E-state index is 0.0602. The first kappa shape index (κ1) is 14.7. The van der Waals surface area contributed by atoms with Gasteiger partial charge in [-0.1, -0.05) is 75.4 Å². The Morgan fingerprint density at radius 3 is 2.36 bits per heavy atom. The van der Waals surface area contributed by atoms with Crippen LogP contribution in [0.3, 0.4) is 0 Å². The van der Waals surface area contributed by atoms with Crippen molar-refractivity contribution in [2.75, 3.05) is 0 Å². The summed E-state index contributed by atoms with van der Waals surface area (Å²) in [6.07, 6.45) is 1.07. The lowest BCUT2D eigenvalue weighted by Crippen LogP contribution is -2.14. The van der Waals surface area contributed by atoms with Crippen molar-refractivity contribution in [1.82, 2.24) is 0 Å². The highest BCUT2D eigenvalue weighted by Gasteiger charge is 2.35. The van der Waals surface area contributed by atoms with E-state index in [4.69, 9.17) is 0 Å². The van der Waals surface area contributed by atoms with Crippen molar-refractivity contribution in [3.8, 4) is 11.1 Å². The topological polar surface area (TPSA) is 0 Å². The summed E-state index contributed by atoms with van der Waals surface area (Å²) >= 11 is 0. The highest BCUT2D eigenvalue weighted by Crippen LogP contribution is 2.50. The Balaban J connectivity index is 1.91. The van der Waals surface area contributed by atoms with Crippen LogP contribution in [0.5, 0.6) is 0 Å². The molecular formula is C25H22. The third-order valence-electron chi connectivity index (χ3n) is 6.05. The van der Waals surface area contributed by atoms with Gasteiger partial charge in [0.05, 0.1) is 0 Å². The summed E-state index contributed by atoms with van der Waals surface area (Å²) < 4.78 is 0. The van der Waals surface area contributed by atoms with Crippen molar-refractivity contribution in [2.24, 2.45) is 0 Å². The van der Waals surface area contributed by atoms with Gasteiger partial charge in [-0.3, -0.25) is 0 Å². The molecule has 0 nitrogen and oxygen atoms in total. The molecule has 4 aromatic rings. The van der Waals surface area contributed by atoms with Crippen LogP contribution in [0, 0.1) is 0 Å². The van der Waals surface area contributed by atoms with E-state index >= 15 is 0 Å². The van der Waals surface area contributed by atoms with Crippen LogP contribution < -0.4 is 0 Å². The predicted molar refractivity (Wildman–Crippen MR) is 108 cm³/mol. The molecule has 25 heavy (non-hydrogen) atoms. The minimum atomic E-state index is 0.0602. The molecule has 0 saturated heterocycles. The Bertz CT molecular complexity index is 1150. The molecule has 0 heterocycles. The summed E-state index contributed by atoms with van der Waals surface area (Å²) in [7, 11) is 0. The second kappa shape index (κ2) is 4.95. The van der Waals surface area contributed by atoms with Crippen molar-refractivity contribution in [2.45, 2.75) is 32.6 Å². The van der Waals surface area contributed by atoms with Gasteiger partial charge in [0.2, 0.25) is 0 Å². The standard InChI is InChI=1S/C25H22/c1-4-16-8-7-10-19-18(16)13-12-17-14-22-20-9-5-6-11-23(20)25(2,3)24(22)15-21(17)19/h5-15H,4H2,1-3H3. The van der Waals surface area contributed by atoms with Crippen LogP contribution in [0.4, 0.5) is 0 Å². The molecule has 0 bridgehead atoms. The fourth-order valence-electron chi connectivity index (χ4n) is 4.66. The maximum Gasteiger partial charge on any atom is 0.0159 e. The van der Waals surface area contributed by atoms with Crippen molar-refractivity contribution >= 4 is 21.5 Å². The number of aryl methyl sites for hydroxylation is 1. The van der Waals surface area contributed by atoms with E-state index in [0.717, 1.165) is 6.42 Å². The molecule has 1 aliphatic carbocycles. The smallest absolute Gasteiger partial charge is 0.0159 e. The molecule has 0 saturated carbocycles. The molecule has 0 spiro atoms. The number of hydrogen-bond acceptors (Lipinski definition) is 0. The number of hydrogen-bond donors (Lipinski definition) is 0. The van der Waals surface area contributed by atoms with Crippen LogP contribution in [0.15, 0.2) is 66.7 Å². The molecule has 0 aliphatic heterocycles. The van der Waals surface area contributed by atoms with E-state index in [0.29, 0.717) is 0 Å². The monoisotopic (exact) mass is 322 g/mol. The van der Waals surface area contributed by atoms with E-state index in [9.17, 15) is 0 Å². The van der Waals surface area contributed by atoms with Gasteiger partial charge in [-0.05, 0) is 67.9 Å². The van der Waals surface area contributed by atoms with Crippen molar-refractivity contribution in [1.29, 1.82) is 0 Å². The second-order valence-corrected chi connectivity index (χ2v) is 7.72. The molecule has 4 aromatic carbocycles. The average molecular weight is 322 g/mol. The van der Waals surface area contributed by atoms with Crippen molar-refractivity contribution in [3.05, 3.63) is 83.4 Å². The molecule has 0 heteroatoms. The number of fused-ring (bicyclic) bond motifs is 6. The van der Waals surface area contributed by atoms with Crippen LogP contribution in [-0.2, 0) is 11.8 Å². The van der Waals surface area contributed by atoms with E-state index in [1.165, 1.54) is 49.4 Å². The van der Waals surface area contributed by atoms with Crippen LogP contribution in [-0.4, -0.2) is 0 Å². The Kier molecular flexibility index (Phi) is 2.92. The normalized spacial score (nSPS) is 14.7. The Hall–Kier alpha value is -2.60. The Morgan fingerprint density at radius 1 is 0.680 bits per heavy atom. The van der Waals surface area contributed by atoms with Gasteiger partial charge in [-0.15, -0.1) is 0 Å². The van der Waals surface area contributed by atoms with Gasteiger partial charge < -0.3 is 0 Å². The zero-order chi connectivity index (χ0) is 17.2. The summed E-state index contributed by atoms with van der Waals surface area (Å²) in [5, 5.41) is 5.50. The molecular weight excluding hydrogens is 300 g/mol. The first-order chi connectivity index (χ1) is 12.1. The van der Waals surface area contributed by atoms with Gasteiger partial charge in [0.25, 0.3) is 0 Å². The Labute approximate surface area is 149 Å². The first-order valence-corrected chi connectivity index (χ1v) is 9.20. The summed E-state index contributed by atoms with van der Waals surface area (Å²) in [6.45, 7) is 6.94. The van der Waals surface area contributed by atoms with Gasteiger partial charge in [-0.2, -0.15) is 0 Å². The zero-order valence-electron chi connectivity index (χ0n) is 15.1. The predicted octanol–water partition coefficient (Wildman–Crippen LogP) is 6.86. The van der Waals surface area contributed by atoms with Crippen LogP contribution >= 0.6 is 0 Å². The molecule has 1 aliphatic rings. The molecule has 0 unspecified atom stereocenters. The molecule has 5 rings (SSSR count). The van der Waals surface area contributed by atoms with E-state index < -0.39 is 0 Å². The van der Waals surface area contributed by atoms with Crippen molar-refractivity contribution in [3.63, 3.8) is 0 Å². The number of rotatable bonds is 1. The molecule has 0 amide bonds. The minimum Gasteiger partial charge on any atom is -0.0619 e. The highest BCUT2D eigenvalue weighted by atomic mass is 14.4. The van der Waals surface area contributed by atoms with Gasteiger partial charge in [0.15, 0.2) is 0 Å². The molecule has 122 valence electrons. The fourth-order valence-corrected chi connectivity index (χ4v) is 4.66. The summed E-state index contributed by atoms with van der Waals surface area (Å²) in [6, 6.07) is 25.0. The largest absolute Gasteiger partial charge is 0.0619 e. The van der Waals surface area contributed by atoms with Gasteiger partial charge >= 0.3 is 0 Å². The highest BCUT2D eigenvalue weighted by molar-refractivity contribution is 6.10. The van der Waals surface area contributed by atoms with Gasteiger partial charge in [0.1, 0.15) is 0 Å². The molecule has 0 N–H and O–H groups in total. The summed E-state index contributed by atoms with van der Waals surface area (Å²) in [5.41, 5.74) is 7.19. The zero-order valence-corrected chi connectivity index (χ0v) is 15.1.